The molecular formula is C12H15BrN2O5. The summed E-state index contributed by atoms with van der Waals surface area (Å²) in [7, 11) is 0. The normalized spacial score (nSPS) is 33.8. The average Bonchev–Trinajstić information content (AvgIpc) is 2.93. The van der Waals surface area contributed by atoms with Crippen LogP contribution < -0.4 is 5.32 Å². The van der Waals surface area contributed by atoms with Crippen LogP contribution in [0, 0.1) is 5.92 Å². The summed E-state index contributed by atoms with van der Waals surface area (Å²) in [6.45, 7) is 0. The Bertz CT molecular complexity index is 449. The first kappa shape index (κ1) is 15.0. The SMILES string of the molecule is BrC1=NOC2CC3CCC(N3)C12.O=C(O)/C=C/C(=O)O. The highest BCUT2D eigenvalue weighted by Crippen LogP contribution is 2.38. The van der Waals surface area contributed by atoms with E-state index < -0.39 is 11.9 Å². The molecule has 0 aromatic carbocycles. The van der Waals surface area contributed by atoms with Gasteiger partial charge in [0.05, 0.1) is 5.92 Å². The molecule has 2 bridgehead atoms. The van der Waals surface area contributed by atoms with Crippen molar-refractivity contribution in [3.05, 3.63) is 12.2 Å². The van der Waals surface area contributed by atoms with Gasteiger partial charge in [-0.3, -0.25) is 0 Å². The van der Waals surface area contributed by atoms with E-state index in [-0.39, 0.29) is 0 Å². The number of nitrogens with zero attached hydrogens (tertiary/aromatic N) is 1. The second-order valence-corrected chi connectivity index (χ2v) is 5.69. The molecule has 3 N–H and O–H groups in total. The van der Waals surface area contributed by atoms with Gasteiger partial charge in [0.1, 0.15) is 10.7 Å². The Morgan fingerprint density at radius 1 is 1.30 bits per heavy atom. The fourth-order valence-electron chi connectivity index (χ4n) is 2.75. The lowest BCUT2D eigenvalue weighted by atomic mass is 9.91. The molecule has 0 spiro atoms. The molecule has 3 heterocycles. The van der Waals surface area contributed by atoms with E-state index in [4.69, 9.17) is 15.1 Å². The summed E-state index contributed by atoms with van der Waals surface area (Å²) in [6, 6.07) is 1.29. The number of piperidine rings is 1. The van der Waals surface area contributed by atoms with Crippen LogP contribution in [0.5, 0.6) is 0 Å². The molecule has 0 aromatic rings. The second-order valence-electron chi connectivity index (χ2n) is 4.88. The van der Waals surface area contributed by atoms with Gasteiger partial charge in [0.15, 0.2) is 0 Å². The summed E-state index contributed by atoms with van der Waals surface area (Å²) < 4.78 is 1.00. The van der Waals surface area contributed by atoms with Gasteiger partial charge >= 0.3 is 11.9 Å². The molecule has 2 fully saturated rings. The van der Waals surface area contributed by atoms with Gasteiger partial charge in [-0.05, 0) is 28.8 Å². The van der Waals surface area contributed by atoms with Crippen LogP contribution in [0.3, 0.4) is 0 Å². The van der Waals surface area contributed by atoms with Crippen LogP contribution in [0.25, 0.3) is 0 Å². The maximum atomic E-state index is 9.55. The molecule has 0 aliphatic carbocycles. The Hall–Kier alpha value is -1.41. The summed E-state index contributed by atoms with van der Waals surface area (Å²) in [6.07, 6.45) is 5.17. The van der Waals surface area contributed by atoms with Crippen LogP contribution in [0.4, 0.5) is 0 Å². The van der Waals surface area contributed by atoms with E-state index in [1.54, 1.807) is 0 Å². The third-order valence-electron chi connectivity index (χ3n) is 3.55. The van der Waals surface area contributed by atoms with Gasteiger partial charge in [-0.25, -0.2) is 9.59 Å². The van der Waals surface area contributed by atoms with Crippen molar-refractivity contribution in [1.29, 1.82) is 0 Å². The maximum absolute atomic E-state index is 9.55. The molecule has 110 valence electrons. The van der Waals surface area contributed by atoms with Crippen LogP contribution in [0.2, 0.25) is 0 Å². The first-order valence-electron chi connectivity index (χ1n) is 6.26. The molecule has 0 radical (unpaired) electrons. The Morgan fingerprint density at radius 3 is 2.55 bits per heavy atom. The number of aliphatic carboxylic acids is 2. The van der Waals surface area contributed by atoms with Gasteiger partial charge in [0.2, 0.25) is 0 Å². The topological polar surface area (TPSA) is 108 Å². The number of hydrogen-bond donors (Lipinski definition) is 3. The standard InChI is InChI=1S/C8H11BrN2O.C4H4O4/c9-8-7-5-2-1-4(10-5)3-6(7)12-11-8;5-3(6)1-2-4(7)8/h4-7,10H,1-3H2;1-2H,(H,5,6)(H,7,8)/b;2-1+. The second kappa shape index (κ2) is 6.36. The Kier molecular flexibility index (Phi) is 4.77. The average molecular weight is 347 g/mol. The zero-order valence-corrected chi connectivity index (χ0v) is 12.1. The lowest BCUT2D eigenvalue weighted by Gasteiger charge is -2.30. The number of halogens is 1. The number of hydrogen-bond acceptors (Lipinski definition) is 5. The lowest BCUT2D eigenvalue weighted by Crippen LogP contribution is -2.48. The van der Waals surface area contributed by atoms with Crippen LogP contribution in [-0.4, -0.2) is 45.0 Å². The molecule has 3 rings (SSSR count). The van der Waals surface area contributed by atoms with Crippen molar-refractivity contribution in [2.45, 2.75) is 37.5 Å². The molecular weight excluding hydrogens is 332 g/mol. The molecule has 0 amide bonds. The molecule has 2 saturated heterocycles. The van der Waals surface area contributed by atoms with Crippen LogP contribution >= 0.6 is 15.9 Å². The van der Waals surface area contributed by atoms with Crippen LogP contribution in [0.1, 0.15) is 19.3 Å². The van der Waals surface area contributed by atoms with Crippen LogP contribution in [-0.2, 0) is 14.4 Å². The van der Waals surface area contributed by atoms with E-state index in [2.05, 4.69) is 26.4 Å². The lowest BCUT2D eigenvalue weighted by molar-refractivity contribution is -0.134. The number of carboxylic acids is 2. The maximum Gasteiger partial charge on any atom is 0.328 e. The fraction of sp³-hybridized carbons (Fsp3) is 0.583. The largest absolute Gasteiger partial charge is 0.478 e. The number of rotatable bonds is 2. The zero-order chi connectivity index (χ0) is 14.7. The molecule has 0 aromatic heterocycles. The van der Waals surface area contributed by atoms with Crippen molar-refractivity contribution in [3.8, 4) is 0 Å². The number of oxime groups is 1. The van der Waals surface area contributed by atoms with Crippen molar-refractivity contribution in [2.24, 2.45) is 11.1 Å². The molecule has 4 atom stereocenters. The number of carboxylic acid groups (broad SMARTS) is 2. The highest BCUT2D eigenvalue weighted by atomic mass is 79.9. The Balaban J connectivity index is 0.000000163. The monoisotopic (exact) mass is 346 g/mol. The van der Waals surface area contributed by atoms with E-state index in [9.17, 15) is 9.59 Å². The molecule has 20 heavy (non-hydrogen) atoms. The van der Waals surface area contributed by atoms with Gasteiger partial charge < -0.3 is 20.4 Å². The first-order valence-corrected chi connectivity index (χ1v) is 7.06. The van der Waals surface area contributed by atoms with E-state index in [1.165, 1.54) is 12.8 Å². The van der Waals surface area contributed by atoms with Crippen molar-refractivity contribution >= 4 is 32.5 Å². The summed E-state index contributed by atoms with van der Waals surface area (Å²) in [5, 5.41) is 23.2. The van der Waals surface area contributed by atoms with Crippen molar-refractivity contribution in [2.75, 3.05) is 0 Å². The summed E-state index contributed by atoms with van der Waals surface area (Å²) in [5.74, 6) is -2.02. The highest BCUT2D eigenvalue weighted by molar-refractivity contribution is 9.18. The third kappa shape index (κ3) is 3.57. The Labute approximate surface area is 123 Å². The molecule has 7 nitrogen and oxygen atoms in total. The Morgan fingerprint density at radius 2 is 1.95 bits per heavy atom. The van der Waals surface area contributed by atoms with E-state index in [0.717, 1.165) is 11.0 Å². The van der Waals surface area contributed by atoms with E-state index in [1.807, 2.05) is 0 Å². The van der Waals surface area contributed by atoms with E-state index in [0.29, 0.717) is 36.3 Å². The van der Waals surface area contributed by atoms with Gasteiger partial charge in [-0.2, -0.15) is 0 Å². The minimum absolute atomic E-state index is 0.345. The van der Waals surface area contributed by atoms with Crippen molar-refractivity contribution in [3.63, 3.8) is 0 Å². The van der Waals surface area contributed by atoms with Crippen molar-refractivity contribution in [1.82, 2.24) is 5.32 Å². The predicted octanol–water partition coefficient (Wildman–Crippen LogP) is 0.946. The first-order chi connectivity index (χ1) is 9.47. The zero-order valence-electron chi connectivity index (χ0n) is 10.5. The van der Waals surface area contributed by atoms with Gasteiger partial charge in [0, 0.05) is 30.7 Å². The van der Waals surface area contributed by atoms with Crippen LogP contribution in [0.15, 0.2) is 17.3 Å². The van der Waals surface area contributed by atoms with Gasteiger partial charge in [-0.15, -0.1) is 0 Å². The minimum atomic E-state index is -1.26. The number of carbonyl (C=O) groups is 2. The minimum Gasteiger partial charge on any atom is -0.478 e. The fourth-order valence-corrected chi connectivity index (χ4v) is 3.45. The summed E-state index contributed by atoms with van der Waals surface area (Å²) >= 11 is 3.46. The van der Waals surface area contributed by atoms with Gasteiger partial charge in [-0.1, -0.05) is 5.16 Å². The molecule has 3 aliphatic rings. The summed E-state index contributed by atoms with van der Waals surface area (Å²) in [4.78, 5) is 24.5. The summed E-state index contributed by atoms with van der Waals surface area (Å²) in [5.41, 5.74) is 0. The predicted molar refractivity (Wildman–Crippen MR) is 73.7 cm³/mol. The molecule has 0 saturated carbocycles. The quantitative estimate of drug-likeness (QED) is 0.642. The van der Waals surface area contributed by atoms with E-state index >= 15 is 0 Å². The third-order valence-corrected chi connectivity index (χ3v) is 4.22. The van der Waals surface area contributed by atoms with Crippen molar-refractivity contribution < 1.29 is 24.6 Å². The molecule has 8 heteroatoms. The molecule has 3 aliphatic heterocycles. The number of fused-ring (bicyclic) bond motifs is 4. The number of nitrogens with one attached hydrogen (secondary N) is 1. The molecule has 4 unspecified atom stereocenters. The smallest absolute Gasteiger partial charge is 0.328 e. The van der Waals surface area contributed by atoms with Gasteiger partial charge in [0.25, 0.3) is 0 Å². The highest BCUT2D eigenvalue weighted by Gasteiger charge is 2.47.